The molecule has 1 aromatic heterocycles. The van der Waals surface area contributed by atoms with Crippen molar-refractivity contribution in [1.29, 1.82) is 0 Å². The number of halogens is 1. The maximum Gasteiger partial charge on any atom is 0.226 e. The fraction of sp³-hybridized carbons (Fsp3) is 0.280. The maximum absolute atomic E-state index is 13.0. The van der Waals surface area contributed by atoms with Gasteiger partial charge in [-0.15, -0.1) is 0 Å². The van der Waals surface area contributed by atoms with Gasteiger partial charge in [0.25, 0.3) is 0 Å². The van der Waals surface area contributed by atoms with E-state index >= 15 is 0 Å². The second kappa shape index (κ2) is 11.3. The Morgan fingerprint density at radius 2 is 1.82 bits per heavy atom. The standard InChI is InChI=1S/C25H25FN2O5/c26-20-7-9-21(10-8-20)31-14-11-24(29)28-13-15-30-16-17-32-22-5-1-2-6-23(22)33-25-19(18-28)4-3-12-27-25/h1-10,12H,11,13-18H2. The predicted octanol–water partition coefficient (Wildman–Crippen LogP) is 4.22. The molecular weight excluding hydrogens is 427 g/mol. The summed E-state index contributed by atoms with van der Waals surface area (Å²) < 4.78 is 36.2. The molecule has 33 heavy (non-hydrogen) atoms. The zero-order valence-electron chi connectivity index (χ0n) is 18.1. The largest absolute Gasteiger partial charge is 0.493 e. The van der Waals surface area contributed by atoms with Gasteiger partial charge in [0.15, 0.2) is 11.5 Å². The van der Waals surface area contributed by atoms with Crippen LogP contribution in [0, 0.1) is 5.82 Å². The molecule has 2 aromatic carbocycles. The molecule has 3 aromatic rings. The number of hydrogen-bond acceptors (Lipinski definition) is 6. The summed E-state index contributed by atoms with van der Waals surface area (Å²) in [5.41, 5.74) is 0.763. The number of amides is 1. The van der Waals surface area contributed by atoms with E-state index in [-0.39, 0.29) is 24.8 Å². The quantitative estimate of drug-likeness (QED) is 0.590. The van der Waals surface area contributed by atoms with Gasteiger partial charge in [0.2, 0.25) is 11.8 Å². The third kappa shape index (κ3) is 6.43. The molecule has 1 aliphatic rings. The first-order chi connectivity index (χ1) is 16.2. The number of carbonyl (C=O) groups is 1. The van der Waals surface area contributed by atoms with E-state index in [1.807, 2.05) is 30.3 Å². The van der Waals surface area contributed by atoms with Crippen molar-refractivity contribution < 1.29 is 28.1 Å². The van der Waals surface area contributed by atoms with Crippen molar-refractivity contribution in [2.75, 3.05) is 33.0 Å². The van der Waals surface area contributed by atoms with Crippen molar-refractivity contribution in [1.82, 2.24) is 9.88 Å². The van der Waals surface area contributed by atoms with Gasteiger partial charge in [-0.2, -0.15) is 0 Å². The lowest BCUT2D eigenvalue weighted by atomic mass is 10.2. The molecule has 0 radical (unpaired) electrons. The number of ether oxygens (including phenoxy) is 4. The van der Waals surface area contributed by atoms with Crippen molar-refractivity contribution in [2.24, 2.45) is 0 Å². The molecule has 0 saturated carbocycles. The molecule has 4 rings (SSSR count). The summed E-state index contributed by atoms with van der Waals surface area (Å²) in [6, 6.07) is 16.8. The van der Waals surface area contributed by atoms with Crippen LogP contribution in [0.2, 0.25) is 0 Å². The van der Waals surface area contributed by atoms with Gasteiger partial charge in [0.05, 0.1) is 32.8 Å². The number of nitrogens with zero attached hydrogens (tertiary/aromatic N) is 2. The van der Waals surface area contributed by atoms with Crippen LogP contribution in [0.25, 0.3) is 0 Å². The molecule has 7 nitrogen and oxygen atoms in total. The fourth-order valence-corrected chi connectivity index (χ4v) is 3.32. The van der Waals surface area contributed by atoms with Crippen LogP contribution in [0.5, 0.6) is 23.1 Å². The summed E-state index contributed by atoms with van der Waals surface area (Å²) in [5.74, 6) is 1.64. The molecule has 172 valence electrons. The van der Waals surface area contributed by atoms with E-state index in [1.54, 1.807) is 17.2 Å². The molecule has 0 unspecified atom stereocenters. The molecule has 0 N–H and O–H groups in total. The second-order valence-electron chi connectivity index (χ2n) is 7.34. The van der Waals surface area contributed by atoms with Crippen LogP contribution in [0.1, 0.15) is 12.0 Å². The van der Waals surface area contributed by atoms with Crippen molar-refractivity contribution in [3.63, 3.8) is 0 Å². The number of fused-ring (bicyclic) bond motifs is 2. The molecular formula is C25H25FN2O5. The van der Waals surface area contributed by atoms with Gasteiger partial charge in [-0.3, -0.25) is 4.79 Å². The summed E-state index contributed by atoms with van der Waals surface area (Å²) in [7, 11) is 0. The Hall–Kier alpha value is -3.65. The fourth-order valence-electron chi connectivity index (χ4n) is 3.32. The average Bonchev–Trinajstić information content (AvgIpc) is 2.84. The second-order valence-corrected chi connectivity index (χ2v) is 7.34. The number of benzene rings is 2. The summed E-state index contributed by atoms with van der Waals surface area (Å²) >= 11 is 0. The molecule has 0 spiro atoms. The SMILES string of the molecule is O=C(CCOc1ccc(F)cc1)N1CCOCCOc2ccccc2Oc2ncccc2C1. The van der Waals surface area contributed by atoms with E-state index in [4.69, 9.17) is 18.9 Å². The van der Waals surface area contributed by atoms with Gasteiger partial charge in [0.1, 0.15) is 18.2 Å². The Balaban J connectivity index is 1.47. The number of pyridine rings is 1. The third-order valence-electron chi connectivity index (χ3n) is 5.01. The Morgan fingerprint density at radius 3 is 2.67 bits per heavy atom. The predicted molar refractivity (Wildman–Crippen MR) is 119 cm³/mol. The van der Waals surface area contributed by atoms with E-state index in [0.717, 1.165) is 5.56 Å². The minimum absolute atomic E-state index is 0.0953. The highest BCUT2D eigenvalue weighted by atomic mass is 19.1. The van der Waals surface area contributed by atoms with Crippen LogP contribution in [0.4, 0.5) is 4.39 Å². The molecule has 0 atom stereocenters. The minimum Gasteiger partial charge on any atom is -0.493 e. The Bertz CT molecular complexity index is 1060. The lowest BCUT2D eigenvalue weighted by Gasteiger charge is -2.23. The maximum atomic E-state index is 13.0. The zero-order chi connectivity index (χ0) is 22.9. The van der Waals surface area contributed by atoms with Gasteiger partial charge >= 0.3 is 0 Å². The Morgan fingerprint density at radius 1 is 1.00 bits per heavy atom. The summed E-state index contributed by atoms with van der Waals surface area (Å²) in [4.78, 5) is 19.0. The van der Waals surface area contributed by atoms with Gasteiger partial charge in [-0.25, -0.2) is 9.37 Å². The molecule has 1 amide bonds. The minimum atomic E-state index is -0.337. The van der Waals surface area contributed by atoms with Gasteiger partial charge < -0.3 is 23.8 Å². The normalized spacial score (nSPS) is 14.3. The highest BCUT2D eigenvalue weighted by Gasteiger charge is 2.19. The van der Waals surface area contributed by atoms with Gasteiger partial charge in [0, 0.05) is 18.3 Å². The summed E-state index contributed by atoms with van der Waals surface area (Å²) in [6.07, 6.45) is 1.81. The van der Waals surface area contributed by atoms with Crippen LogP contribution >= 0.6 is 0 Å². The summed E-state index contributed by atoms with van der Waals surface area (Å²) in [5, 5.41) is 0. The van der Waals surface area contributed by atoms with Crippen molar-refractivity contribution in [3.8, 4) is 23.1 Å². The van der Waals surface area contributed by atoms with E-state index in [9.17, 15) is 9.18 Å². The van der Waals surface area contributed by atoms with Crippen LogP contribution in [-0.2, 0) is 16.1 Å². The highest BCUT2D eigenvalue weighted by Crippen LogP contribution is 2.32. The van der Waals surface area contributed by atoms with Crippen molar-refractivity contribution in [3.05, 3.63) is 78.2 Å². The highest BCUT2D eigenvalue weighted by molar-refractivity contribution is 5.76. The van der Waals surface area contributed by atoms with Gasteiger partial charge in [-0.05, 0) is 42.5 Å². The van der Waals surface area contributed by atoms with Crippen LogP contribution < -0.4 is 14.2 Å². The van der Waals surface area contributed by atoms with E-state index in [0.29, 0.717) is 56.0 Å². The van der Waals surface area contributed by atoms with Crippen LogP contribution in [0.3, 0.4) is 0 Å². The molecule has 0 fully saturated rings. The zero-order valence-corrected chi connectivity index (χ0v) is 18.1. The van der Waals surface area contributed by atoms with Gasteiger partial charge in [-0.1, -0.05) is 18.2 Å². The Labute approximate surface area is 191 Å². The smallest absolute Gasteiger partial charge is 0.226 e. The number of carbonyl (C=O) groups excluding carboxylic acids is 1. The lowest BCUT2D eigenvalue weighted by Crippen LogP contribution is -2.34. The molecule has 0 aliphatic carbocycles. The molecule has 0 saturated heterocycles. The topological polar surface area (TPSA) is 70.1 Å². The third-order valence-corrected chi connectivity index (χ3v) is 5.01. The van der Waals surface area contributed by atoms with E-state index < -0.39 is 0 Å². The van der Waals surface area contributed by atoms with Crippen LogP contribution in [0.15, 0.2) is 66.9 Å². The molecule has 2 heterocycles. The van der Waals surface area contributed by atoms with Crippen LogP contribution in [-0.4, -0.2) is 48.8 Å². The number of aromatic nitrogens is 1. The van der Waals surface area contributed by atoms with Crippen molar-refractivity contribution >= 4 is 5.91 Å². The first-order valence-electron chi connectivity index (χ1n) is 10.8. The number of para-hydroxylation sites is 2. The van der Waals surface area contributed by atoms with E-state index in [2.05, 4.69) is 4.98 Å². The number of hydrogen-bond donors (Lipinski definition) is 0. The summed E-state index contributed by atoms with van der Waals surface area (Å²) in [6.45, 7) is 2.00. The lowest BCUT2D eigenvalue weighted by molar-refractivity contribution is -0.133. The van der Waals surface area contributed by atoms with Crippen molar-refractivity contribution in [2.45, 2.75) is 13.0 Å². The molecule has 1 aliphatic heterocycles. The molecule has 8 heteroatoms. The van der Waals surface area contributed by atoms with E-state index in [1.165, 1.54) is 24.3 Å². The molecule has 0 bridgehead atoms. The number of rotatable bonds is 4. The first kappa shape index (κ1) is 22.5. The first-order valence-corrected chi connectivity index (χ1v) is 10.8. The Kier molecular flexibility index (Phi) is 7.71. The average molecular weight is 452 g/mol. The monoisotopic (exact) mass is 452 g/mol.